The minimum atomic E-state index is -0.240. The van der Waals surface area contributed by atoms with E-state index in [0.29, 0.717) is 5.11 Å². The maximum absolute atomic E-state index is 5.41. The van der Waals surface area contributed by atoms with Gasteiger partial charge in [-0.2, -0.15) is 5.10 Å². The lowest BCUT2D eigenvalue weighted by Crippen LogP contribution is -2.54. The van der Waals surface area contributed by atoms with Crippen LogP contribution in [-0.4, -0.2) is 28.5 Å². The number of nitrogens with two attached hydrogens (primary N) is 1. The molecule has 3 N–H and O–H groups in total. The van der Waals surface area contributed by atoms with E-state index >= 15 is 0 Å². The Morgan fingerprint density at radius 1 is 1.83 bits per heavy atom. The molecule has 1 aliphatic heterocycles. The Bertz CT molecular complexity index is 238. The van der Waals surface area contributed by atoms with Gasteiger partial charge in [-0.05, 0) is 26.1 Å². The predicted octanol–water partition coefficient (Wildman–Crippen LogP) is 0.247. The summed E-state index contributed by atoms with van der Waals surface area (Å²) in [7, 11) is 1.90. The highest BCUT2D eigenvalue weighted by atomic mass is 32.1. The molecule has 1 unspecified atom stereocenters. The molecule has 0 saturated heterocycles. The molecule has 0 aromatic rings. The lowest BCUT2D eigenvalue weighted by molar-refractivity contribution is 0.156. The summed E-state index contributed by atoms with van der Waals surface area (Å²) in [6.07, 6.45) is 0.848. The normalized spacial score (nSPS) is 28.6. The van der Waals surface area contributed by atoms with E-state index in [9.17, 15) is 0 Å². The van der Waals surface area contributed by atoms with Crippen molar-refractivity contribution < 1.29 is 0 Å². The van der Waals surface area contributed by atoms with Crippen LogP contribution < -0.4 is 11.1 Å². The molecule has 0 aliphatic carbocycles. The van der Waals surface area contributed by atoms with Gasteiger partial charge in [0.05, 0.1) is 0 Å². The summed E-state index contributed by atoms with van der Waals surface area (Å²) in [4.78, 5) is 0. The molecule has 0 amide bonds. The molecule has 0 saturated carbocycles. The van der Waals surface area contributed by atoms with Crippen LogP contribution in [0, 0.1) is 0 Å². The molecule has 1 heterocycles. The third-order valence-electron chi connectivity index (χ3n) is 2.03. The van der Waals surface area contributed by atoms with Crippen LogP contribution in [0.2, 0.25) is 0 Å². The Balaban J connectivity index is 2.69. The summed E-state index contributed by atoms with van der Waals surface area (Å²) in [5.74, 6) is 0. The summed E-state index contributed by atoms with van der Waals surface area (Å²) in [6, 6.07) is 0. The van der Waals surface area contributed by atoms with Crippen LogP contribution in [-0.2, 0) is 0 Å². The van der Waals surface area contributed by atoms with E-state index in [1.807, 2.05) is 25.9 Å². The molecule has 1 aliphatic rings. The van der Waals surface area contributed by atoms with E-state index in [1.54, 1.807) is 0 Å². The van der Waals surface area contributed by atoms with Crippen molar-refractivity contribution in [2.75, 3.05) is 7.05 Å². The number of hydrazone groups is 1. The van der Waals surface area contributed by atoms with Gasteiger partial charge in [0.2, 0.25) is 0 Å². The molecule has 0 bridgehead atoms. The largest absolute Gasteiger partial charge is 0.376 e. The standard InChI is InChI=1S/C7H14N4S/c1-5-4-7(2,9-6(8)12)11(3)10-5/h4H2,1-3H3,(H3,8,9,12). The summed E-state index contributed by atoms with van der Waals surface area (Å²) in [6.45, 7) is 4.01. The molecule has 12 heavy (non-hydrogen) atoms. The third kappa shape index (κ3) is 1.66. The van der Waals surface area contributed by atoms with E-state index in [4.69, 9.17) is 18.0 Å². The van der Waals surface area contributed by atoms with Crippen molar-refractivity contribution in [2.45, 2.75) is 25.9 Å². The first kappa shape index (κ1) is 9.25. The average molecular weight is 186 g/mol. The highest BCUT2D eigenvalue weighted by molar-refractivity contribution is 7.80. The van der Waals surface area contributed by atoms with E-state index in [-0.39, 0.29) is 5.66 Å². The van der Waals surface area contributed by atoms with Gasteiger partial charge < -0.3 is 11.1 Å². The fourth-order valence-electron chi connectivity index (χ4n) is 1.40. The van der Waals surface area contributed by atoms with Crippen LogP contribution in [0.4, 0.5) is 0 Å². The molecular weight excluding hydrogens is 172 g/mol. The third-order valence-corrected chi connectivity index (χ3v) is 2.13. The summed E-state index contributed by atoms with van der Waals surface area (Å²) >= 11 is 4.78. The van der Waals surface area contributed by atoms with Crippen LogP contribution in [0.3, 0.4) is 0 Å². The number of nitrogens with one attached hydrogen (secondary N) is 1. The van der Waals surface area contributed by atoms with Gasteiger partial charge in [-0.1, -0.05) is 0 Å². The minimum absolute atomic E-state index is 0.240. The van der Waals surface area contributed by atoms with E-state index in [2.05, 4.69) is 10.4 Å². The number of rotatable bonds is 1. The molecule has 0 radical (unpaired) electrons. The number of hydrogen-bond acceptors (Lipinski definition) is 3. The van der Waals surface area contributed by atoms with Crippen LogP contribution in [0.1, 0.15) is 20.3 Å². The minimum Gasteiger partial charge on any atom is -0.376 e. The van der Waals surface area contributed by atoms with Gasteiger partial charge in [-0.15, -0.1) is 0 Å². The first-order valence-electron chi connectivity index (χ1n) is 3.79. The second kappa shape index (κ2) is 2.90. The molecule has 1 rings (SSSR count). The summed E-state index contributed by atoms with van der Waals surface area (Å²) < 4.78 is 0. The number of thiocarbonyl (C=S) groups is 1. The van der Waals surface area contributed by atoms with Crippen LogP contribution >= 0.6 is 12.2 Å². The molecule has 0 aromatic heterocycles. The maximum atomic E-state index is 5.41. The highest BCUT2D eigenvalue weighted by Gasteiger charge is 2.34. The lowest BCUT2D eigenvalue weighted by atomic mass is 10.1. The Morgan fingerprint density at radius 2 is 2.42 bits per heavy atom. The summed E-state index contributed by atoms with van der Waals surface area (Å²) in [5.41, 5.74) is 6.25. The van der Waals surface area contributed by atoms with Gasteiger partial charge >= 0.3 is 0 Å². The molecule has 68 valence electrons. The van der Waals surface area contributed by atoms with Crippen LogP contribution in [0.15, 0.2) is 5.10 Å². The molecule has 0 spiro atoms. The van der Waals surface area contributed by atoms with Gasteiger partial charge in [0.15, 0.2) is 5.11 Å². The molecule has 0 aromatic carbocycles. The Kier molecular flexibility index (Phi) is 2.23. The van der Waals surface area contributed by atoms with Crippen molar-refractivity contribution in [3.05, 3.63) is 0 Å². The van der Waals surface area contributed by atoms with Crippen LogP contribution in [0.25, 0.3) is 0 Å². The van der Waals surface area contributed by atoms with Crippen molar-refractivity contribution in [3.8, 4) is 0 Å². The van der Waals surface area contributed by atoms with Crippen molar-refractivity contribution in [2.24, 2.45) is 10.8 Å². The fourth-order valence-corrected chi connectivity index (χ4v) is 1.62. The molecule has 1 atom stereocenters. The quantitative estimate of drug-likeness (QED) is 0.576. The molecule has 4 nitrogen and oxygen atoms in total. The summed E-state index contributed by atoms with van der Waals surface area (Å²) in [5, 5.41) is 9.45. The average Bonchev–Trinajstić information content (AvgIpc) is 2.04. The van der Waals surface area contributed by atoms with Gasteiger partial charge in [0, 0.05) is 19.2 Å². The van der Waals surface area contributed by atoms with Crippen molar-refractivity contribution >= 4 is 23.0 Å². The number of nitrogens with zero attached hydrogens (tertiary/aromatic N) is 2. The van der Waals surface area contributed by atoms with Gasteiger partial charge in [0.25, 0.3) is 0 Å². The van der Waals surface area contributed by atoms with Gasteiger partial charge in [-0.25, -0.2) is 0 Å². The van der Waals surface area contributed by atoms with Crippen molar-refractivity contribution in [1.29, 1.82) is 0 Å². The van der Waals surface area contributed by atoms with E-state index < -0.39 is 0 Å². The molecule has 5 heteroatoms. The molecule has 0 fully saturated rings. The monoisotopic (exact) mass is 186 g/mol. The lowest BCUT2D eigenvalue weighted by Gasteiger charge is -2.32. The number of hydrogen-bond donors (Lipinski definition) is 2. The second-order valence-corrected chi connectivity index (χ2v) is 3.74. The van der Waals surface area contributed by atoms with Gasteiger partial charge in [-0.3, -0.25) is 5.01 Å². The zero-order valence-electron chi connectivity index (χ0n) is 7.59. The Hall–Kier alpha value is -0.840. The highest BCUT2D eigenvalue weighted by Crippen LogP contribution is 2.21. The van der Waals surface area contributed by atoms with Crippen LogP contribution in [0.5, 0.6) is 0 Å². The fraction of sp³-hybridized carbons (Fsp3) is 0.714. The first-order valence-corrected chi connectivity index (χ1v) is 4.20. The van der Waals surface area contributed by atoms with Gasteiger partial charge in [0.1, 0.15) is 5.66 Å². The zero-order valence-corrected chi connectivity index (χ0v) is 8.40. The SMILES string of the molecule is CC1=NN(C)C(C)(NC(N)=S)C1. The topological polar surface area (TPSA) is 53.6 Å². The van der Waals surface area contributed by atoms with Crippen molar-refractivity contribution in [1.82, 2.24) is 10.3 Å². The molecular formula is C7H14N4S. The first-order chi connectivity index (χ1) is 5.44. The van der Waals surface area contributed by atoms with E-state index in [0.717, 1.165) is 12.1 Å². The Labute approximate surface area is 77.8 Å². The smallest absolute Gasteiger partial charge is 0.165 e. The zero-order chi connectivity index (χ0) is 9.35. The predicted molar refractivity (Wildman–Crippen MR) is 53.8 cm³/mol. The maximum Gasteiger partial charge on any atom is 0.165 e. The van der Waals surface area contributed by atoms with Crippen molar-refractivity contribution in [3.63, 3.8) is 0 Å². The second-order valence-electron chi connectivity index (χ2n) is 3.30. The Morgan fingerprint density at radius 3 is 2.75 bits per heavy atom. The van der Waals surface area contributed by atoms with E-state index in [1.165, 1.54) is 0 Å².